The molecular formula is C19H12ClN3O. The van der Waals surface area contributed by atoms with E-state index in [4.69, 9.17) is 16.9 Å². The number of aromatic hydroxyl groups is 1. The second-order valence-electron chi connectivity index (χ2n) is 5.19. The van der Waals surface area contributed by atoms with Crippen LogP contribution in [0, 0.1) is 23.2 Å². The van der Waals surface area contributed by atoms with Crippen LogP contribution in [0.5, 0.6) is 5.75 Å². The van der Waals surface area contributed by atoms with Gasteiger partial charge in [0.1, 0.15) is 5.75 Å². The molecule has 0 unspecified atom stereocenters. The van der Waals surface area contributed by atoms with Crippen LogP contribution in [0.2, 0.25) is 5.02 Å². The molecule has 3 rings (SSSR count). The summed E-state index contributed by atoms with van der Waals surface area (Å²) in [5.74, 6) is 6.19. The summed E-state index contributed by atoms with van der Waals surface area (Å²) in [5, 5.41) is 23.1. The summed E-state index contributed by atoms with van der Waals surface area (Å²) in [6.45, 7) is 0. The van der Waals surface area contributed by atoms with Crippen molar-refractivity contribution in [1.29, 1.82) is 5.26 Å². The number of nitriles is 1. The van der Waals surface area contributed by atoms with Crippen LogP contribution in [0.4, 0.5) is 0 Å². The molecule has 4 nitrogen and oxygen atoms in total. The van der Waals surface area contributed by atoms with Crippen LogP contribution >= 0.6 is 11.6 Å². The summed E-state index contributed by atoms with van der Waals surface area (Å²) < 4.78 is 1.70. The molecule has 0 atom stereocenters. The molecule has 0 saturated heterocycles. The number of hydrogen-bond donors (Lipinski definition) is 1. The van der Waals surface area contributed by atoms with E-state index in [2.05, 4.69) is 23.0 Å². The van der Waals surface area contributed by atoms with Gasteiger partial charge in [0.05, 0.1) is 22.9 Å². The minimum absolute atomic E-state index is 0.0972. The van der Waals surface area contributed by atoms with Crippen molar-refractivity contribution in [2.24, 2.45) is 7.05 Å². The summed E-state index contributed by atoms with van der Waals surface area (Å²) in [4.78, 5) is 0. The Hall–Kier alpha value is -3.21. The predicted molar refractivity (Wildman–Crippen MR) is 92.5 cm³/mol. The minimum Gasteiger partial charge on any atom is -0.508 e. The smallest absolute Gasteiger partial charge is 0.117 e. The standard InChI is InChI=1S/C19H12ClN3O/c1-23-12-16(11-22-23)18-8-13(10-21)2-3-14(18)4-5-15-6-7-17(24)9-19(15)20/h2-3,6-9,11-12,24H,1H3. The average molecular weight is 334 g/mol. The van der Waals surface area contributed by atoms with Gasteiger partial charge in [0.15, 0.2) is 0 Å². The van der Waals surface area contributed by atoms with Crippen molar-refractivity contribution < 1.29 is 5.11 Å². The third kappa shape index (κ3) is 3.25. The molecule has 0 bridgehead atoms. The summed E-state index contributed by atoms with van der Waals surface area (Å²) in [6, 6.07) is 12.1. The lowest BCUT2D eigenvalue weighted by Crippen LogP contribution is -1.87. The highest BCUT2D eigenvalue weighted by molar-refractivity contribution is 6.31. The van der Waals surface area contributed by atoms with Gasteiger partial charge in [-0.2, -0.15) is 10.4 Å². The molecule has 1 aromatic heterocycles. The second kappa shape index (κ2) is 6.50. The minimum atomic E-state index is 0.0972. The number of aromatic nitrogens is 2. The van der Waals surface area contributed by atoms with Crippen LogP contribution in [0.3, 0.4) is 0 Å². The summed E-state index contributed by atoms with van der Waals surface area (Å²) in [5.41, 5.74) is 3.67. The Balaban J connectivity index is 2.09. The van der Waals surface area contributed by atoms with Crippen molar-refractivity contribution in [2.45, 2.75) is 0 Å². The Labute approximate surface area is 144 Å². The first-order valence-corrected chi connectivity index (χ1v) is 7.48. The topological polar surface area (TPSA) is 61.8 Å². The number of aryl methyl sites for hydroxylation is 1. The fourth-order valence-electron chi connectivity index (χ4n) is 2.26. The summed E-state index contributed by atoms with van der Waals surface area (Å²) >= 11 is 6.08. The molecule has 0 saturated carbocycles. The van der Waals surface area contributed by atoms with Gasteiger partial charge in [-0.05, 0) is 36.4 Å². The lowest BCUT2D eigenvalue weighted by Gasteiger charge is -2.03. The SMILES string of the molecule is Cn1cc(-c2cc(C#N)ccc2C#Cc2ccc(O)cc2Cl)cn1. The van der Waals surface area contributed by atoms with E-state index in [1.807, 2.05) is 19.3 Å². The molecule has 116 valence electrons. The van der Waals surface area contributed by atoms with Crippen LogP contribution in [-0.4, -0.2) is 14.9 Å². The second-order valence-corrected chi connectivity index (χ2v) is 5.60. The molecule has 0 radical (unpaired) electrons. The Morgan fingerprint density at radius 2 is 1.88 bits per heavy atom. The third-order valence-corrected chi connectivity index (χ3v) is 3.76. The van der Waals surface area contributed by atoms with E-state index in [0.29, 0.717) is 16.1 Å². The molecule has 1 heterocycles. The fourth-order valence-corrected chi connectivity index (χ4v) is 2.48. The Morgan fingerprint density at radius 3 is 2.54 bits per heavy atom. The molecular weight excluding hydrogens is 322 g/mol. The molecule has 24 heavy (non-hydrogen) atoms. The summed E-state index contributed by atoms with van der Waals surface area (Å²) in [7, 11) is 1.83. The highest BCUT2D eigenvalue weighted by Crippen LogP contribution is 2.25. The zero-order valence-electron chi connectivity index (χ0n) is 12.8. The van der Waals surface area contributed by atoms with Crippen LogP contribution < -0.4 is 0 Å². The van der Waals surface area contributed by atoms with Gasteiger partial charge < -0.3 is 5.11 Å². The van der Waals surface area contributed by atoms with Gasteiger partial charge in [-0.3, -0.25) is 4.68 Å². The lowest BCUT2D eigenvalue weighted by molar-refractivity contribution is 0.475. The normalized spacial score (nSPS) is 9.88. The first-order chi connectivity index (χ1) is 11.6. The molecule has 0 spiro atoms. The highest BCUT2D eigenvalue weighted by Gasteiger charge is 2.07. The van der Waals surface area contributed by atoms with Crippen molar-refractivity contribution >= 4 is 11.6 Å². The molecule has 0 aliphatic carbocycles. The lowest BCUT2D eigenvalue weighted by atomic mass is 10.00. The number of halogens is 1. The zero-order chi connectivity index (χ0) is 17.1. The number of rotatable bonds is 1. The quantitative estimate of drug-likeness (QED) is 0.690. The van der Waals surface area contributed by atoms with Gasteiger partial charge in [-0.1, -0.05) is 23.4 Å². The molecule has 0 aliphatic rings. The van der Waals surface area contributed by atoms with E-state index < -0.39 is 0 Å². The zero-order valence-corrected chi connectivity index (χ0v) is 13.5. The van der Waals surface area contributed by atoms with Gasteiger partial charge in [0.25, 0.3) is 0 Å². The average Bonchev–Trinajstić information content (AvgIpc) is 3.00. The van der Waals surface area contributed by atoms with E-state index in [-0.39, 0.29) is 5.75 Å². The molecule has 0 amide bonds. The van der Waals surface area contributed by atoms with Gasteiger partial charge in [-0.25, -0.2) is 0 Å². The maximum absolute atomic E-state index is 9.40. The van der Waals surface area contributed by atoms with Crippen molar-refractivity contribution in [1.82, 2.24) is 9.78 Å². The van der Waals surface area contributed by atoms with Crippen molar-refractivity contribution in [3.8, 4) is 34.8 Å². The van der Waals surface area contributed by atoms with Crippen LogP contribution in [0.15, 0.2) is 48.8 Å². The number of hydrogen-bond acceptors (Lipinski definition) is 3. The van der Waals surface area contributed by atoms with E-state index in [9.17, 15) is 5.11 Å². The monoisotopic (exact) mass is 333 g/mol. The molecule has 0 aliphatic heterocycles. The van der Waals surface area contributed by atoms with E-state index in [1.165, 1.54) is 12.1 Å². The first-order valence-electron chi connectivity index (χ1n) is 7.10. The Bertz CT molecular complexity index is 1020. The third-order valence-electron chi connectivity index (χ3n) is 3.45. The Morgan fingerprint density at radius 1 is 1.12 bits per heavy atom. The van der Waals surface area contributed by atoms with E-state index >= 15 is 0 Å². The molecule has 1 N–H and O–H groups in total. The fraction of sp³-hybridized carbons (Fsp3) is 0.0526. The van der Waals surface area contributed by atoms with Crippen LogP contribution in [-0.2, 0) is 7.05 Å². The van der Waals surface area contributed by atoms with Crippen LogP contribution in [0.1, 0.15) is 16.7 Å². The molecule has 5 heteroatoms. The van der Waals surface area contributed by atoms with Crippen molar-refractivity contribution in [3.05, 3.63) is 70.5 Å². The summed E-state index contributed by atoms with van der Waals surface area (Å²) in [6.07, 6.45) is 3.60. The molecule has 2 aromatic carbocycles. The Kier molecular flexibility index (Phi) is 4.24. The maximum Gasteiger partial charge on any atom is 0.117 e. The van der Waals surface area contributed by atoms with Gasteiger partial charge >= 0.3 is 0 Å². The number of phenols is 1. The number of benzene rings is 2. The number of phenolic OH excluding ortho intramolecular Hbond substituents is 1. The highest BCUT2D eigenvalue weighted by atomic mass is 35.5. The predicted octanol–water partition coefficient (Wildman–Crippen LogP) is 3.72. The van der Waals surface area contributed by atoms with Gasteiger partial charge in [0, 0.05) is 35.5 Å². The molecule has 3 aromatic rings. The van der Waals surface area contributed by atoms with Crippen molar-refractivity contribution in [2.75, 3.05) is 0 Å². The van der Waals surface area contributed by atoms with Crippen LogP contribution in [0.25, 0.3) is 11.1 Å². The van der Waals surface area contributed by atoms with E-state index in [0.717, 1.165) is 16.7 Å². The first kappa shape index (κ1) is 15.7. The van der Waals surface area contributed by atoms with Gasteiger partial charge in [-0.15, -0.1) is 0 Å². The largest absolute Gasteiger partial charge is 0.508 e. The van der Waals surface area contributed by atoms with E-state index in [1.54, 1.807) is 29.1 Å². The van der Waals surface area contributed by atoms with Crippen molar-refractivity contribution in [3.63, 3.8) is 0 Å². The molecule has 0 fully saturated rings. The number of nitrogens with zero attached hydrogens (tertiary/aromatic N) is 3. The maximum atomic E-state index is 9.40. The van der Waals surface area contributed by atoms with Gasteiger partial charge in [0.2, 0.25) is 0 Å².